The quantitative estimate of drug-likeness (QED) is 0.723. The summed E-state index contributed by atoms with van der Waals surface area (Å²) in [6, 6.07) is 12.8. The van der Waals surface area contributed by atoms with Crippen LogP contribution in [0.25, 0.3) is 0 Å². The Kier molecular flexibility index (Phi) is 5.34. The van der Waals surface area contributed by atoms with E-state index in [-0.39, 0.29) is 0 Å². The molecule has 0 radical (unpaired) electrons. The van der Waals surface area contributed by atoms with E-state index in [1.807, 2.05) is 24.3 Å². The van der Waals surface area contributed by atoms with E-state index in [1.165, 1.54) is 0 Å². The predicted molar refractivity (Wildman–Crippen MR) is 62.6 cm³/mol. The standard InChI is InChI=1S/C8H8O2.C5H5N/c1-10-8-5-3-2-4-7(8)6-9;1-2-4-6-5-3-1/h2-6H,1H3;1-5H. The molecule has 3 nitrogen and oxygen atoms in total. The molecule has 0 spiro atoms. The van der Waals surface area contributed by atoms with E-state index in [4.69, 9.17) is 4.74 Å². The van der Waals surface area contributed by atoms with Gasteiger partial charge in [0.2, 0.25) is 0 Å². The molecule has 0 saturated carbocycles. The molecule has 2 aromatic rings. The summed E-state index contributed by atoms with van der Waals surface area (Å²) in [5, 5.41) is 0. The van der Waals surface area contributed by atoms with Gasteiger partial charge in [0.25, 0.3) is 0 Å². The number of carbonyl (C=O) groups excluding carboxylic acids is 1. The zero-order valence-corrected chi connectivity index (χ0v) is 9.04. The Bertz CT molecular complexity index is 389. The molecule has 16 heavy (non-hydrogen) atoms. The number of aromatic nitrogens is 1. The molecule has 0 aliphatic carbocycles. The molecule has 1 aromatic carbocycles. The number of para-hydroxylation sites is 1. The van der Waals surface area contributed by atoms with Crippen molar-refractivity contribution < 1.29 is 9.53 Å². The number of hydrogen-bond donors (Lipinski definition) is 0. The topological polar surface area (TPSA) is 39.2 Å². The average Bonchev–Trinajstić information content (AvgIpc) is 2.41. The summed E-state index contributed by atoms with van der Waals surface area (Å²) in [6.45, 7) is 0. The van der Waals surface area contributed by atoms with Crippen molar-refractivity contribution in [2.75, 3.05) is 7.11 Å². The van der Waals surface area contributed by atoms with E-state index in [9.17, 15) is 4.79 Å². The Morgan fingerprint density at radius 2 is 1.75 bits per heavy atom. The molecule has 0 aliphatic heterocycles. The minimum atomic E-state index is 0.588. The van der Waals surface area contributed by atoms with Gasteiger partial charge in [0.05, 0.1) is 12.7 Å². The normalized spacial score (nSPS) is 8.56. The molecule has 0 amide bonds. The first-order chi connectivity index (χ1) is 7.88. The fourth-order valence-corrected chi connectivity index (χ4v) is 1.08. The second-order valence-electron chi connectivity index (χ2n) is 2.88. The van der Waals surface area contributed by atoms with Crippen LogP contribution in [0.4, 0.5) is 0 Å². The van der Waals surface area contributed by atoms with Gasteiger partial charge in [0, 0.05) is 12.4 Å². The van der Waals surface area contributed by atoms with Gasteiger partial charge in [-0.05, 0) is 24.3 Å². The molecule has 2 rings (SSSR count). The highest BCUT2D eigenvalue weighted by Gasteiger charge is 1.96. The lowest BCUT2D eigenvalue weighted by Crippen LogP contribution is -1.88. The molecule has 0 aliphatic rings. The number of benzene rings is 1. The summed E-state index contributed by atoms with van der Waals surface area (Å²) in [5.74, 6) is 0.623. The zero-order valence-electron chi connectivity index (χ0n) is 9.04. The lowest BCUT2D eigenvalue weighted by molar-refractivity contribution is 0.112. The van der Waals surface area contributed by atoms with Gasteiger partial charge in [-0.2, -0.15) is 0 Å². The van der Waals surface area contributed by atoms with Gasteiger partial charge in [0.15, 0.2) is 6.29 Å². The Hall–Kier alpha value is -2.16. The van der Waals surface area contributed by atoms with E-state index in [2.05, 4.69) is 4.98 Å². The molecular weight excluding hydrogens is 202 g/mol. The van der Waals surface area contributed by atoms with Crippen molar-refractivity contribution in [3.63, 3.8) is 0 Å². The molecule has 3 heteroatoms. The summed E-state index contributed by atoms with van der Waals surface area (Å²) in [4.78, 5) is 14.1. The second-order valence-corrected chi connectivity index (χ2v) is 2.88. The first-order valence-corrected chi connectivity index (χ1v) is 4.81. The van der Waals surface area contributed by atoms with Crippen LogP contribution in [-0.2, 0) is 0 Å². The van der Waals surface area contributed by atoms with Crippen molar-refractivity contribution in [2.45, 2.75) is 0 Å². The number of hydrogen-bond acceptors (Lipinski definition) is 3. The highest BCUT2D eigenvalue weighted by molar-refractivity contribution is 5.79. The molecular formula is C13H13NO2. The van der Waals surface area contributed by atoms with Crippen LogP contribution in [-0.4, -0.2) is 18.4 Å². The van der Waals surface area contributed by atoms with Crippen molar-refractivity contribution in [3.8, 4) is 5.75 Å². The largest absolute Gasteiger partial charge is 0.496 e. The first-order valence-electron chi connectivity index (χ1n) is 4.81. The molecule has 0 atom stereocenters. The average molecular weight is 215 g/mol. The van der Waals surface area contributed by atoms with Crippen LogP contribution in [0.5, 0.6) is 5.75 Å². The number of methoxy groups -OCH3 is 1. The van der Waals surface area contributed by atoms with Crippen molar-refractivity contribution >= 4 is 6.29 Å². The lowest BCUT2D eigenvalue weighted by atomic mass is 10.2. The summed E-state index contributed by atoms with van der Waals surface area (Å²) in [7, 11) is 1.54. The molecule has 1 heterocycles. The maximum absolute atomic E-state index is 10.3. The van der Waals surface area contributed by atoms with E-state index in [0.29, 0.717) is 11.3 Å². The Morgan fingerprint density at radius 3 is 2.12 bits per heavy atom. The molecule has 0 N–H and O–H groups in total. The van der Waals surface area contributed by atoms with Gasteiger partial charge in [0.1, 0.15) is 5.75 Å². The van der Waals surface area contributed by atoms with Gasteiger partial charge in [-0.3, -0.25) is 9.78 Å². The third kappa shape index (κ3) is 3.92. The lowest BCUT2D eigenvalue weighted by Gasteiger charge is -1.99. The van der Waals surface area contributed by atoms with Crippen LogP contribution in [0, 0.1) is 0 Å². The minimum absolute atomic E-state index is 0.588. The number of aldehydes is 1. The molecule has 0 bridgehead atoms. The molecule has 0 unspecified atom stereocenters. The van der Waals surface area contributed by atoms with E-state index in [0.717, 1.165) is 6.29 Å². The number of nitrogens with zero attached hydrogens (tertiary/aromatic N) is 1. The Balaban J connectivity index is 0.000000181. The third-order valence-corrected chi connectivity index (χ3v) is 1.83. The number of rotatable bonds is 2. The maximum atomic E-state index is 10.3. The van der Waals surface area contributed by atoms with Crippen molar-refractivity contribution in [2.24, 2.45) is 0 Å². The molecule has 1 aromatic heterocycles. The Morgan fingerprint density at radius 1 is 1.06 bits per heavy atom. The number of carbonyl (C=O) groups is 1. The van der Waals surface area contributed by atoms with E-state index >= 15 is 0 Å². The fraction of sp³-hybridized carbons (Fsp3) is 0.0769. The first kappa shape index (κ1) is 11.9. The highest BCUT2D eigenvalue weighted by Crippen LogP contribution is 2.13. The number of pyridine rings is 1. The summed E-state index contributed by atoms with van der Waals surface area (Å²) in [6.07, 6.45) is 4.28. The zero-order chi connectivity index (χ0) is 11.6. The van der Waals surface area contributed by atoms with Crippen LogP contribution in [0.2, 0.25) is 0 Å². The fourth-order valence-electron chi connectivity index (χ4n) is 1.08. The van der Waals surface area contributed by atoms with Crippen LogP contribution in [0.1, 0.15) is 10.4 Å². The van der Waals surface area contributed by atoms with Crippen molar-refractivity contribution in [3.05, 3.63) is 60.4 Å². The SMILES string of the molecule is COc1ccccc1C=O.c1ccncc1. The molecule has 82 valence electrons. The summed E-state index contributed by atoms with van der Waals surface area (Å²) in [5.41, 5.74) is 0.588. The smallest absolute Gasteiger partial charge is 0.153 e. The second kappa shape index (κ2) is 7.17. The van der Waals surface area contributed by atoms with Gasteiger partial charge in [-0.1, -0.05) is 18.2 Å². The van der Waals surface area contributed by atoms with Gasteiger partial charge in [-0.25, -0.2) is 0 Å². The van der Waals surface area contributed by atoms with E-state index < -0.39 is 0 Å². The highest BCUT2D eigenvalue weighted by atomic mass is 16.5. The summed E-state index contributed by atoms with van der Waals surface area (Å²) >= 11 is 0. The van der Waals surface area contributed by atoms with E-state index in [1.54, 1.807) is 37.7 Å². The maximum Gasteiger partial charge on any atom is 0.153 e. The van der Waals surface area contributed by atoms with Gasteiger partial charge in [-0.15, -0.1) is 0 Å². The van der Waals surface area contributed by atoms with Crippen LogP contribution < -0.4 is 4.74 Å². The molecule has 0 saturated heterocycles. The molecule has 0 fully saturated rings. The van der Waals surface area contributed by atoms with Gasteiger partial charge < -0.3 is 4.74 Å². The van der Waals surface area contributed by atoms with Crippen LogP contribution in [0.3, 0.4) is 0 Å². The van der Waals surface area contributed by atoms with Crippen molar-refractivity contribution in [1.29, 1.82) is 0 Å². The Labute approximate surface area is 94.7 Å². The van der Waals surface area contributed by atoms with Gasteiger partial charge >= 0.3 is 0 Å². The van der Waals surface area contributed by atoms with Crippen LogP contribution >= 0.6 is 0 Å². The third-order valence-electron chi connectivity index (χ3n) is 1.83. The minimum Gasteiger partial charge on any atom is -0.496 e. The predicted octanol–water partition coefficient (Wildman–Crippen LogP) is 2.59. The summed E-state index contributed by atoms with van der Waals surface area (Å²) < 4.78 is 4.90. The monoisotopic (exact) mass is 215 g/mol. The van der Waals surface area contributed by atoms with Crippen LogP contribution in [0.15, 0.2) is 54.9 Å². The number of ether oxygens (including phenoxy) is 1. The van der Waals surface area contributed by atoms with Crippen molar-refractivity contribution in [1.82, 2.24) is 4.98 Å².